The first-order valence-corrected chi connectivity index (χ1v) is 7.50. The molecule has 0 spiro atoms. The van der Waals surface area contributed by atoms with E-state index in [1.54, 1.807) is 6.33 Å². The van der Waals surface area contributed by atoms with Gasteiger partial charge in [-0.3, -0.25) is 0 Å². The molecule has 20 heavy (non-hydrogen) atoms. The van der Waals surface area contributed by atoms with Crippen LogP contribution in [0, 0.1) is 0 Å². The maximum atomic E-state index is 10.7. The third kappa shape index (κ3) is 3.10. The highest BCUT2D eigenvalue weighted by atomic mass is 16.3. The highest BCUT2D eigenvalue weighted by Crippen LogP contribution is 2.39. The maximum Gasteiger partial charge on any atom is 0.132 e. The summed E-state index contributed by atoms with van der Waals surface area (Å²) in [4.78, 5) is 13.0. The van der Waals surface area contributed by atoms with Gasteiger partial charge < -0.3 is 14.9 Å². The fraction of sp³-hybridized carbons (Fsp3) is 0.733. The number of aliphatic hydroxyl groups is 1. The van der Waals surface area contributed by atoms with Gasteiger partial charge in [0.2, 0.25) is 0 Å². The Hall–Kier alpha value is -1.20. The molecule has 3 rings (SSSR count). The average Bonchev–Trinajstić information content (AvgIpc) is 3.21. The van der Waals surface area contributed by atoms with Crippen molar-refractivity contribution in [2.45, 2.75) is 37.2 Å². The first-order valence-electron chi connectivity index (χ1n) is 7.50. The molecule has 0 radical (unpaired) electrons. The first kappa shape index (κ1) is 13.8. The highest BCUT2D eigenvalue weighted by Gasteiger charge is 2.34. The largest absolute Gasteiger partial charge is 0.387 e. The molecule has 1 aromatic heterocycles. The molecule has 0 amide bonds. The zero-order valence-corrected chi connectivity index (χ0v) is 12.4. The molecule has 0 aromatic carbocycles. The Morgan fingerprint density at radius 1 is 1.40 bits per heavy atom. The molecule has 1 saturated carbocycles. The van der Waals surface area contributed by atoms with Crippen molar-refractivity contribution in [1.29, 1.82) is 0 Å². The average molecular weight is 276 g/mol. The Morgan fingerprint density at radius 3 is 2.90 bits per heavy atom. The Balaban J connectivity index is 1.74. The third-order valence-corrected chi connectivity index (χ3v) is 4.16. The Morgan fingerprint density at radius 2 is 2.20 bits per heavy atom. The predicted molar refractivity (Wildman–Crippen MR) is 79.0 cm³/mol. The van der Waals surface area contributed by atoms with E-state index in [0.717, 1.165) is 30.9 Å². The van der Waals surface area contributed by atoms with E-state index in [0.29, 0.717) is 19.0 Å². The van der Waals surface area contributed by atoms with Gasteiger partial charge in [0.15, 0.2) is 0 Å². The lowest BCUT2D eigenvalue weighted by atomic mass is 9.92. The highest BCUT2D eigenvalue weighted by molar-refractivity contribution is 5.41. The Kier molecular flexibility index (Phi) is 3.65. The van der Waals surface area contributed by atoms with Crippen LogP contribution < -0.4 is 4.90 Å². The molecule has 1 aliphatic carbocycles. The number of aromatic nitrogens is 2. The van der Waals surface area contributed by atoms with E-state index < -0.39 is 5.60 Å². The zero-order chi connectivity index (χ0) is 14.2. The van der Waals surface area contributed by atoms with Crippen LogP contribution in [0.15, 0.2) is 12.4 Å². The Bertz CT molecular complexity index is 475. The molecule has 5 heteroatoms. The fourth-order valence-corrected chi connectivity index (χ4v) is 3.16. The third-order valence-electron chi connectivity index (χ3n) is 4.16. The van der Waals surface area contributed by atoms with E-state index in [1.165, 1.54) is 12.8 Å². The second kappa shape index (κ2) is 5.30. The van der Waals surface area contributed by atoms with E-state index >= 15 is 0 Å². The zero-order valence-electron chi connectivity index (χ0n) is 12.4. The van der Waals surface area contributed by atoms with Crippen molar-refractivity contribution in [3.8, 4) is 0 Å². The monoisotopic (exact) mass is 276 g/mol. The molecular formula is C15H24N4O. The van der Waals surface area contributed by atoms with Crippen molar-refractivity contribution in [2.24, 2.45) is 0 Å². The minimum Gasteiger partial charge on any atom is -0.387 e. The number of likely N-dealkylation sites (N-methyl/N-ethyl adjacent to an activating group) is 1. The topological polar surface area (TPSA) is 52.5 Å². The lowest BCUT2D eigenvalue weighted by Crippen LogP contribution is -2.53. The summed E-state index contributed by atoms with van der Waals surface area (Å²) in [5, 5.41) is 10.7. The molecule has 0 unspecified atom stereocenters. The van der Waals surface area contributed by atoms with Crippen LogP contribution in [0.1, 0.15) is 37.3 Å². The molecule has 0 bridgehead atoms. The van der Waals surface area contributed by atoms with Gasteiger partial charge in [0, 0.05) is 37.3 Å². The summed E-state index contributed by atoms with van der Waals surface area (Å²) in [6.45, 7) is 2.33. The summed E-state index contributed by atoms with van der Waals surface area (Å²) < 4.78 is 0. The molecule has 1 saturated heterocycles. The minimum absolute atomic E-state index is 0.632. The molecule has 1 N–H and O–H groups in total. The number of piperidine rings is 1. The molecule has 2 heterocycles. The normalized spacial score (nSPS) is 27.1. The van der Waals surface area contributed by atoms with Crippen LogP contribution >= 0.6 is 0 Å². The summed E-state index contributed by atoms with van der Waals surface area (Å²) in [7, 11) is 4.01. The van der Waals surface area contributed by atoms with Gasteiger partial charge in [0.1, 0.15) is 12.1 Å². The van der Waals surface area contributed by atoms with Crippen molar-refractivity contribution in [3.05, 3.63) is 18.1 Å². The number of hydrogen-bond acceptors (Lipinski definition) is 5. The number of rotatable bonds is 4. The fourth-order valence-electron chi connectivity index (χ4n) is 3.16. The van der Waals surface area contributed by atoms with Crippen LogP contribution in [0.5, 0.6) is 0 Å². The summed E-state index contributed by atoms with van der Waals surface area (Å²) in [5.74, 6) is 1.61. The first-order chi connectivity index (χ1) is 9.56. The summed E-state index contributed by atoms with van der Waals surface area (Å²) in [6.07, 6.45) is 6.04. The molecule has 1 aromatic rings. The van der Waals surface area contributed by atoms with Crippen LogP contribution in [0.3, 0.4) is 0 Å². The summed E-state index contributed by atoms with van der Waals surface area (Å²) in [6, 6.07) is 2.11. The molecule has 2 aliphatic rings. The van der Waals surface area contributed by atoms with E-state index in [9.17, 15) is 5.11 Å². The molecule has 2 fully saturated rings. The SMILES string of the molecule is CN(C)C[C@]1(O)CCCN(c2cc(C3CC3)ncn2)C1. The van der Waals surface area contributed by atoms with Gasteiger partial charge in [-0.1, -0.05) is 0 Å². The summed E-state index contributed by atoms with van der Waals surface area (Å²) in [5.41, 5.74) is 0.531. The van der Waals surface area contributed by atoms with Crippen molar-refractivity contribution >= 4 is 5.82 Å². The van der Waals surface area contributed by atoms with Gasteiger partial charge in [0.05, 0.1) is 5.60 Å². The van der Waals surface area contributed by atoms with Gasteiger partial charge in [-0.2, -0.15) is 0 Å². The quantitative estimate of drug-likeness (QED) is 0.897. The van der Waals surface area contributed by atoms with E-state index in [1.807, 2.05) is 14.1 Å². The Labute approximate surface area is 120 Å². The van der Waals surface area contributed by atoms with Crippen LogP contribution in [0.25, 0.3) is 0 Å². The second-order valence-corrected chi connectivity index (χ2v) is 6.56. The van der Waals surface area contributed by atoms with Gasteiger partial charge in [-0.25, -0.2) is 9.97 Å². The van der Waals surface area contributed by atoms with E-state index in [4.69, 9.17) is 0 Å². The van der Waals surface area contributed by atoms with Crippen LogP contribution in [-0.4, -0.2) is 59.3 Å². The van der Waals surface area contributed by atoms with Crippen molar-refractivity contribution in [3.63, 3.8) is 0 Å². The minimum atomic E-state index is -0.632. The van der Waals surface area contributed by atoms with Gasteiger partial charge in [-0.15, -0.1) is 0 Å². The van der Waals surface area contributed by atoms with Crippen LogP contribution in [-0.2, 0) is 0 Å². The van der Waals surface area contributed by atoms with E-state index in [2.05, 4.69) is 25.8 Å². The molecule has 5 nitrogen and oxygen atoms in total. The van der Waals surface area contributed by atoms with Crippen molar-refractivity contribution in [2.75, 3.05) is 38.6 Å². The molecular weight excluding hydrogens is 252 g/mol. The lowest BCUT2D eigenvalue weighted by molar-refractivity contribution is 0.00351. The van der Waals surface area contributed by atoms with Gasteiger partial charge in [0.25, 0.3) is 0 Å². The lowest BCUT2D eigenvalue weighted by Gasteiger charge is -2.41. The van der Waals surface area contributed by atoms with Crippen molar-refractivity contribution < 1.29 is 5.11 Å². The maximum absolute atomic E-state index is 10.7. The number of nitrogens with zero attached hydrogens (tertiary/aromatic N) is 4. The standard InChI is InChI=1S/C15H24N4O/c1-18(2)9-15(20)6-3-7-19(10-15)14-8-13(12-4-5-12)16-11-17-14/h8,11-12,20H,3-7,9-10H2,1-2H3/t15-/m1/s1. The number of hydrogen-bond donors (Lipinski definition) is 1. The number of anilines is 1. The van der Waals surface area contributed by atoms with Crippen LogP contribution in [0.2, 0.25) is 0 Å². The summed E-state index contributed by atoms with van der Waals surface area (Å²) >= 11 is 0. The van der Waals surface area contributed by atoms with Crippen molar-refractivity contribution in [1.82, 2.24) is 14.9 Å². The van der Waals surface area contributed by atoms with Gasteiger partial charge >= 0.3 is 0 Å². The predicted octanol–water partition coefficient (Wildman–Crippen LogP) is 1.25. The molecule has 1 aliphatic heterocycles. The van der Waals surface area contributed by atoms with E-state index in [-0.39, 0.29) is 0 Å². The second-order valence-electron chi connectivity index (χ2n) is 6.56. The molecule has 1 atom stereocenters. The number of β-amino-alcohol motifs (C(OH)–C–C–N with tert-alkyl or cyclic N) is 1. The smallest absolute Gasteiger partial charge is 0.132 e. The van der Waals surface area contributed by atoms with Gasteiger partial charge in [-0.05, 0) is 39.8 Å². The molecule has 110 valence electrons. The van der Waals surface area contributed by atoms with Crippen LogP contribution in [0.4, 0.5) is 5.82 Å².